The van der Waals surface area contributed by atoms with E-state index in [4.69, 9.17) is 13.9 Å². The fourth-order valence-electron chi connectivity index (χ4n) is 1.96. The van der Waals surface area contributed by atoms with Crippen LogP contribution >= 0.6 is 0 Å². The molecule has 0 amide bonds. The second-order valence-electron chi connectivity index (χ2n) is 8.88. The number of hydrogen-bond donors (Lipinski definition) is 0. The fraction of sp³-hybridized carbons (Fsp3) is 0.778. The van der Waals surface area contributed by atoms with E-state index in [1.165, 1.54) is 0 Å². The van der Waals surface area contributed by atoms with Crippen molar-refractivity contribution in [3.8, 4) is 0 Å². The highest BCUT2D eigenvalue weighted by Crippen LogP contribution is 2.37. The number of carbonyl (C=O) groups is 2. The minimum Gasteiger partial charge on any atom is -0.428 e. The Morgan fingerprint density at radius 1 is 1.21 bits per heavy atom. The molecule has 0 unspecified atom stereocenters. The number of hydrogen-bond acceptors (Lipinski definition) is 5. The van der Waals surface area contributed by atoms with Gasteiger partial charge in [0.05, 0.1) is 0 Å². The van der Waals surface area contributed by atoms with Crippen molar-refractivity contribution in [2.24, 2.45) is 5.92 Å². The number of Topliss-reactive ketones (excluding diaryl/α,β-unsaturated/α-hetero) is 1. The van der Waals surface area contributed by atoms with Crippen LogP contribution in [-0.4, -0.2) is 32.5 Å². The van der Waals surface area contributed by atoms with Crippen molar-refractivity contribution in [1.29, 1.82) is 0 Å². The molecule has 0 saturated carbocycles. The summed E-state index contributed by atoms with van der Waals surface area (Å²) in [5, 5.41) is 0.0936. The third-order valence-corrected chi connectivity index (χ3v) is 8.99. The molecule has 1 aliphatic carbocycles. The summed E-state index contributed by atoms with van der Waals surface area (Å²) in [6.07, 6.45) is 1.58. The number of allylic oxidation sites excluding steroid dienone is 2. The largest absolute Gasteiger partial charge is 0.514 e. The first-order chi connectivity index (χ1) is 10.7. The molecule has 0 saturated heterocycles. The fourth-order valence-corrected chi connectivity index (χ4v) is 3.01. The zero-order valence-electron chi connectivity index (χ0n) is 16.3. The maximum atomic E-state index is 12.1. The van der Waals surface area contributed by atoms with Crippen molar-refractivity contribution in [2.45, 2.75) is 78.1 Å². The smallest absolute Gasteiger partial charge is 0.428 e. The molecular formula is C18H32O5Si. The lowest BCUT2D eigenvalue weighted by Crippen LogP contribution is -2.43. The summed E-state index contributed by atoms with van der Waals surface area (Å²) < 4.78 is 16.6. The number of ether oxygens (including phenoxy) is 2. The highest BCUT2D eigenvalue weighted by atomic mass is 28.4. The molecule has 138 valence electrons. The van der Waals surface area contributed by atoms with Gasteiger partial charge in [0, 0.05) is 25.4 Å². The molecule has 5 nitrogen and oxygen atoms in total. The van der Waals surface area contributed by atoms with Crippen molar-refractivity contribution in [3.63, 3.8) is 0 Å². The molecule has 0 aliphatic heterocycles. The van der Waals surface area contributed by atoms with Gasteiger partial charge in [-0.05, 0) is 45.0 Å². The topological polar surface area (TPSA) is 61.8 Å². The number of carbonyl (C=O) groups excluding carboxylic acids is 2. The van der Waals surface area contributed by atoms with E-state index in [1.54, 1.807) is 26.8 Å². The van der Waals surface area contributed by atoms with Crippen molar-refractivity contribution >= 4 is 20.3 Å². The van der Waals surface area contributed by atoms with E-state index < -0.39 is 20.1 Å². The number of rotatable bonds is 4. The monoisotopic (exact) mass is 356 g/mol. The Labute approximate surface area is 146 Å². The van der Waals surface area contributed by atoms with Gasteiger partial charge in [-0.2, -0.15) is 0 Å². The average molecular weight is 357 g/mol. The second-order valence-corrected chi connectivity index (χ2v) is 13.7. The second kappa shape index (κ2) is 7.40. The summed E-state index contributed by atoms with van der Waals surface area (Å²) in [6, 6.07) is 0. The quantitative estimate of drug-likeness (QED) is 0.533. The van der Waals surface area contributed by atoms with Gasteiger partial charge < -0.3 is 13.9 Å². The molecule has 0 fully saturated rings. The molecule has 6 heteroatoms. The lowest BCUT2D eigenvalue weighted by Gasteiger charge is -2.37. The van der Waals surface area contributed by atoms with Crippen molar-refractivity contribution in [2.75, 3.05) is 6.61 Å². The summed E-state index contributed by atoms with van der Waals surface area (Å²) in [6.45, 7) is 16.5. The van der Waals surface area contributed by atoms with Gasteiger partial charge >= 0.3 is 6.16 Å². The van der Waals surface area contributed by atoms with E-state index in [-0.39, 0.29) is 23.2 Å². The minimum absolute atomic E-state index is 0.0936. The molecule has 0 aromatic carbocycles. The average Bonchev–Trinajstić information content (AvgIpc) is 2.35. The van der Waals surface area contributed by atoms with Crippen LogP contribution in [0.25, 0.3) is 0 Å². The molecule has 0 aromatic rings. The lowest BCUT2D eigenvalue weighted by atomic mass is 9.92. The SMILES string of the molecule is CC(C)(C)OC(=O)OC1=CCC(=O)[C@@H](CO[Si](C)(C)C(C)(C)C)C1. The predicted octanol–water partition coefficient (Wildman–Crippen LogP) is 4.82. The lowest BCUT2D eigenvalue weighted by molar-refractivity contribution is -0.124. The van der Waals surface area contributed by atoms with Crippen LogP contribution in [0.1, 0.15) is 54.4 Å². The molecule has 0 heterocycles. The molecule has 1 atom stereocenters. The summed E-state index contributed by atoms with van der Waals surface area (Å²) in [5.74, 6) is 0.361. The Bertz CT molecular complexity index is 508. The maximum Gasteiger partial charge on any atom is 0.514 e. The summed E-state index contributed by atoms with van der Waals surface area (Å²) in [7, 11) is -1.91. The van der Waals surface area contributed by atoms with Crippen molar-refractivity contribution < 1.29 is 23.5 Å². The van der Waals surface area contributed by atoms with Gasteiger partial charge in [-0.15, -0.1) is 0 Å². The van der Waals surface area contributed by atoms with Crippen molar-refractivity contribution in [1.82, 2.24) is 0 Å². The Morgan fingerprint density at radius 3 is 2.29 bits per heavy atom. The van der Waals surface area contributed by atoms with Gasteiger partial charge in [-0.25, -0.2) is 4.79 Å². The zero-order valence-corrected chi connectivity index (χ0v) is 17.3. The third-order valence-electron chi connectivity index (χ3n) is 4.49. The van der Waals surface area contributed by atoms with E-state index in [2.05, 4.69) is 33.9 Å². The summed E-state index contributed by atoms with van der Waals surface area (Å²) in [5.41, 5.74) is -0.604. The molecule has 0 aromatic heterocycles. The van der Waals surface area contributed by atoms with E-state index in [0.717, 1.165) is 0 Å². The molecule has 0 N–H and O–H groups in total. The molecule has 0 bridgehead atoms. The molecule has 0 spiro atoms. The highest BCUT2D eigenvalue weighted by molar-refractivity contribution is 6.74. The van der Waals surface area contributed by atoms with Crippen LogP contribution in [0.15, 0.2) is 11.8 Å². The molecule has 1 aliphatic rings. The van der Waals surface area contributed by atoms with Crippen LogP contribution in [-0.2, 0) is 18.7 Å². The summed E-state index contributed by atoms with van der Waals surface area (Å²) >= 11 is 0. The van der Waals surface area contributed by atoms with Gasteiger partial charge in [-0.1, -0.05) is 20.8 Å². The third kappa shape index (κ3) is 6.40. The first kappa shape index (κ1) is 20.9. The Kier molecular flexibility index (Phi) is 6.44. The van der Waals surface area contributed by atoms with Gasteiger partial charge in [-0.3, -0.25) is 4.79 Å². The van der Waals surface area contributed by atoms with Crippen LogP contribution in [0.4, 0.5) is 4.79 Å². The van der Waals surface area contributed by atoms with Gasteiger partial charge in [0.1, 0.15) is 17.1 Å². The number of ketones is 1. The molecule has 1 rings (SSSR count). The first-order valence-electron chi connectivity index (χ1n) is 8.48. The predicted molar refractivity (Wildman–Crippen MR) is 96.3 cm³/mol. The van der Waals surface area contributed by atoms with Crippen LogP contribution in [0.5, 0.6) is 0 Å². The minimum atomic E-state index is -1.91. The van der Waals surface area contributed by atoms with Crippen molar-refractivity contribution in [3.05, 3.63) is 11.8 Å². The van der Waals surface area contributed by atoms with Crippen LogP contribution in [0.3, 0.4) is 0 Å². The van der Waals surface area contributed by atoms with Gasteiger partial charge in [0.15, 0.2) is 8.32 Å². The highest BCUT2D eigenvalue weighted by Gasteiger charge is 2.38. The Morgan fingerprint density at radius 2 is 1.79 bits per heavy atom. The van der Waals surface area contributed by atoms with E-state index >= 15 is 0 Å². The van der Waals surface area contributed by atoms with Crippen LogP contribution < -0.4 is 0 Å². The normalized spacial score (nSPS) is 19.8. The Balaban J connectivity index is 2.62. The van der Waals surface area contributed by atoms with Gasteiger partial charge in [0.25, 0.3) is 0 Å². The standard InChI is InChI=1S/C18H32O5Si/c1-17(2,3)23-16(20)22-14-9-10-15(19)13(11-14)12-21-24(7,8)18(4,5)6/h9,13H,10-12H2,1-8H3/t13-/m1/s1. The first-order valence-corrected chi connectivity index (χ1v) is 11.4. The van der Waals surface area contributed by atoms with E-state index in [9.17, 15) is 9.59 Å². The Hall–Kier alpha value is -1.14. The summed E-state index contributed by atoms with van der Waals surface area (Å²) in [4.78, 5) is 23.9. The van der Waals surface area contributed by atoms with Gasteiger partial charge in [0.2, 0.25) is 0 Å². The molecule has 0 radical (unpaired) electrons. The van der Waals surface area contributed by atoms with Crippen LogP contribution in [0.2, 0.25) is 18.1 Å². The molecule has 24 heavy (non-hydrogen) atoms. The van der Waals surface area contributed by atoms with E-state index in [0.29, 0.717) is 18.8 Å². The molecular weight excluding hydrogens is 324 g/mol. The van der Waals surface area contributed by atoms with E-state index in [1.807, 2.05) is 0 Å². The maximum absolute atomic E-state index is 12.1. The zero-order chi connectivity index (χ0) is 18.8. The van der Waals surface area contributed by atoms with Crippen LogP contribution in [0, 0.1) is 5.92 Å².